The topological polar surface area (TPSA) is 144 Å². The molecule has 0 radical (unpaired) electrons. The predicted octanol–water partition coefficient (Wildman–Crippen LogP) is 0.582. The van der Waals surface area contributed by atoms with Crippen LogP contribution in [-0.4, -0.2) is 60.9 Å². The summed E-state index contributed by atoms with van der Waals surface area (Å²) in [5, 5.41) is 8.67. The fourth-order valence-electron chi connectivity index (χ4n) is 6.18. The van der Waals surface area contributed by atoms with Crippen LogP contribution in [0.15, 0.2) is 72.8 Å². The van der Waals surface area contributed by atoms with Crippen LogP contribution in [0.2, 0.25) is 0 Å². The Balaban J connectivity index is 1.20. The molecule has 234 valence electrons. The van der Waals surface area contributed by atoms with Crippen molar-refractivity contribution in [1.29, 1.82) is 0 Å². The van der Waals surface area contributed by atoms with Crippen molar-refractivity contribution >= 4 is 29.3 Å². The number of aryl methyl sites for hydroxylation is 1. The largest absolute Gasteiger partial charge is 0.353 e. The van der Waals surface area contributed by atoms with Gasteiger partial charge in [-0.25, -0.2) is 15.2 Å². The minimum absolute atomic E-state index is 0.00435. The average Bonchev–Trinajstić information content (AvgIpc) is 3.68. The third kappa shape index (κ3) is 7.03. The van der Waals surface area contributed by atoms with Gasteiger partial charge in [-0.1, -0.05) is 60.7 Å². The standard InChI is InChI=1S/C33H36FN7O4/c34-24-12-9-21(10-13-24)15-27(37-29(42)16-20-5-2-1-3-6-20)31(43)38-26-14-11-22-7-4-8-23-17-28(41(30(22)23)33(26)45)32(44)35-18-25-19-36-40-39-25/h1-10,12-13,25-28,36,39-40H,11,14-19H2,(H,35,44)(H,37,42)(H,38,43)/t25?,26-,27-,28-/m0/s1. The van der Waals surface area contributed by atoms with Gasteiger partial charge in [0.2, 0.25) is 23.6 Å². The molecular weight excluding hydrogens is 577 g/mol. The zero-order valence-electron chi connectivity index (χ0n) is 24.6. The van der Waals surface area contributed by atoms with E-state index in [-0.39, 0.29) is 36.6 Å². The quantitative estimate of drug-likeness (QED) is 0.196. The van der Waals surface area contributed by atoms with E-state index in [4.69, 9.17) is 0 Å². The van der Waals surface area contributed by atoms with Crippen molar-refractivity contribution in [2.75, 3.05) is 18.0 Å². The fraction of sp³-hybridized carbons (Fsp3) is 0.333. The summed E-state index contributed by atoms with van der Waals surface area (Å²) >= 11 is 0. The summed E-state index contributed by atoms with van der Waals surface area (Å²) in [5.41, 5.74) is 12.8. The third-order valence-electron chi connectivity index (χ3n) is 8.47. The van der Waals surface area contributed by atoms with Gasteiger partial charge in [-0.15, -0.1) is 0 Å². The third-order valence-corrected chi connectivity index (χ3v) is 8.47. The number of carbonyl (C=O) groups is 4. The number of rotatable bonds is 10. The van der Waals surface area contributed by atoms with Crippen LogP contribution >= 0.6 is 0 Å². The van der Waals surface area contributed by atoms with Crippen molar-refractivity contribution in [2.45, 2.75) is 56.3 Å². The number of benzene rings is 3. The Kier molecular flexibility index (Phi) is 9.15. The second-order valence-electron chi connectivity index (χ2n) is 11.7. The molecule has 4 atom stereocenters. The number of amides is 4. The number of nitrogens with one attached hydrogen (secondary N) is 6. The van der Waals surface area contributed by atoms with Crippen molar-refractivity contribution in [3.63, 3.8) is 0 Å². The van der Waals surface area contributed by atoms with Gasteiger partial charge in [-0.2, -0.15) is 5.53 Å². The number of hydrazine groups is 2. The summed E-state index contributed by atoms with van der Waals surface area (Å²) in [6.07, 6.45) is 1.40. The molecule has 3 heterocycles. The van der Waals surface area contributed by atoms with Crippen molar-refractivity contribution < 1.29 is 23.6 Å². The van der Waals surface area contributed by atoms with Crippen LogP contribution in [0.1, 0.15) is 28.7 Å². The molecule has 11 nitrogen and oxygen atoms in total. The lowest BCUT2D eigenvalue weighted by Crippen LogP contribution is -2.58. The molecule has 3 aromatic carbocycles. The van der Waals surface area contributed by atoms with E-state index in [9.17, 15) is 23.6 Å². The first-order chi connectivity index (χ1) is 21.9. The maximum Gasteiger partial charge on any atom is 0.250 e. The first-order valence-electron chi connectivity index (χ1n) is 15.2. The summed E-state index contributed by atoms with van der Waals surface area (Å²) < 4.78 is 13.6. The minimum Gasteiger partial charge on any atom is -0.353 e. The first-order valence-corrected chi connectivity index (χ1v) is 15.2. The lowest BCUT2D eigenvalue weighted by Gasteiger charge is -2.29. The molecule has 1 unspecified atom stereocenters. The van der Waals surface area contributed by atoms with Gasteiger partial charge in [0, 0.05) is 25.9 Å². The molecule has 6 rings (SSSR count). The molecule has 0 spiro atoms. The van der Waals surface area contributed by atoms with Crippen LogP contribution in [0, 0.1) is 5.82 Å². The van der Waals surface area contributed by atoms with Gasteiger partial charge in [-0.05, 0) is 47.2 Å². The second kappa shape index (κ2) is 13.6. The molecule has 1 saturated heterocycles. The Labute approximate surface area is 260 Å². The maximum atomic E-state index is 14.1. The molecular formula is C33H36FN7O4. The van der Waals surface area contributed by atoms with Crippen LogP contribution < -0.4 is 37.2 Å². The molecule has 3 aliphatic rings. The van der Waals surface area contributed by atoms with E-state index in [1.165, 1.54) is 12.1 Å². The van der Waals surface area contributed by atoms with Crippen LogP contribution in [-0.2, 0) is 44.9 Å². The summed E-state index contributed by atoms with van der Waals surface area (Å²) in [5.74, 6) is -1.93. The van der Waals surface area contributed by atoms with E-state index in [1.807, 2.05) is 48.5 Å². The Hall–Kier alpha value is -4.65. The predicted molar refractivity (Wildman–Crippen MR) is 165 cm³/mol. The van der Waals surface area contributed by atoms with E-state index in [1.54, 1.807) is 17.0 Å². The molecule has 0 saturated carbocycles. The zero-order valence-corrected chi connectivity index (χ0v) is 24.6. The number of anilines is 1. The monoisotopic (exact) mass is 613 g/mol. The summed E-state index contributed by atoms with van der Waals surface area (Å²) in [4.78, 5) is 55.9. The average molecular weight is 614 g/mol. The van der Waals surface area contributed by atoms with Crippen molar-refractivity contribution in [1.82, 2.24) is 32.3 Å². The molecule has 0 bridgehead atoms. The van der Waals surface area contributed by atoms with E-state index in [0.29, 0.717) is 37.9 Å². The maximum absolute atomic E-state index is 14.1. The Morgan fingerprint density at radius 3 is 2.49 bits per heavy atom. The van der Waals surface area contributed by atoms with Crippen molar-refractivity contribution in [3.8, 4) is 0 Å². The van der Waals surface area contributed by atoms with Gasteiger partial charge in [-0.3, -0.25) is 24.1 Å². The van der Waals surface area contributed by atoms with E-state index in [0.717, 1.165) is 22.4 Å². The van der Waals surface area contributed by atoms with Crippen LogP contribution in [0.25, 0.3) is 0 Å². The van der Waals surface area contributed by atoms with Crippen LogP contribution in [0.5, 0.6) is 0 Å². The number of para-hydroxylation sites is 1. The number of carbonyl (C=O) groups excluding carboxylic acids is 4. The highest BCUT2D eigenvalue weighted by Crippen LogP contribution is 2.39. The number of nitrogens with zero attached hydrogens (tertiary/aromatic N) is 1. The summed E-state index contributed by atoms with van der Waals surface area (Å²) in [7, 11) is 0. The van der Waals surface area contributed by atoms with Gasteiger partial charge in [0.05, 0.1) is 18.2 Å². The number of hydrogen-bond acceptors (Lipinski definition) is 7. The van der Waals surface area contributed by atoms with Gasteiger partial charge >= 0.3 is 0 Å². The SMILES string of the molecule is O=C(Cc1ccccc1)N[C@@H](Cc1ccc(F)cc1)C(=O)N[C@H]1CCc2cccc3c2N(C1=O)[C@H](C(=O)NCC1CNNN1)C3. The van der Waals surface area contributed by atoms with Gasteiger partial charge in [0.25, 0.3) is 0 Å². The highest BCUT2D eigenvalue weighted by atomic mass is 19.1. The molecule has 0 aromatic heterocycles. The summed E-state index contributed by atoms with van der Waals surface area (Å²) in [6, 6.07) is 18.0. The van der Waals surface area contributed by atoms with Crippen LogP contribution in [0.3, 0.4) is 0 Å². The number of hydrogen-bond donors (Lipinski definition) is 6. The molecule has 3 aromatic rings. The van der Waals surface area contributed by atoms with Gasteiger partial charge < -0.3 is 16.0 Å². The Bertz CT molecular complexity index is 1560. The molecule has 45 heavy (non-hydrogen) atoms. The smallest absolute Gasteiger partial charge is 0.250 e. The molecule has 1 fully saturated rings. The summed E-state index contributed by atoms with van der Waals surface area (Å²) in [6.45, 7) is 1.00. The molecule has 6 N–H and O–H groups in total. The fourth-order valence-corrected chi connectivity index (χ4v) is 6.18. The van der Waals surface area contributed by atoms with E-state index < -0.39 is 29.8 Å². The van der Waals surface area contributed by atoms with Crippen molar-refractivity contribution in [2.24, 2.45) is 0 Å². The number of halogens is 1. The second-order valence-corrected chi connectivity index (χ2v) is 11.7. The lowest BCUT2D eigenvalue weighted by molar-refractivity contribution is -0.132. The Morgan fingerprint density at radius 1 is 0.956 bits per heavy atom. The highest BCUT2D eigenvalue weighted by Gasteiger charge is 2.44. The Morgan fingerprint density at radius 2 is 1.73 bits per heavy atom. The normalized spacial score (nSPS) is 21.0. The first kappa shape index (κ1) is 30.4. The zero-order chi connectivity index (χ0) is 31.3. The molecule has 4 amide bonds. The van der Waals surface area contributed by atoms with E-state index >= 15 is 0 Å². The minimum atomic E-state index is -1.01. The van der Waals surface area contributed by atoms with Crippen LogP contribution in [0.4, 0.5) is 10.1 Å². The van der Waals surface area contributed by atoms with Crippen molar-refractivity contribution in [3.05, 3.63) is 101 Å². The molecule has 0 aliphatic carbocycles. The molecule has 3 aliphatic heterocycles. The molecule has 12 heteroatoms. The lowest BCUT2D eigenvalue weighted by atomic mass is 10.0. The van der Waals surface area contributed by atoms with Gasteiger partial charge in [0.1, 0.15) is 23.9 Å². The van der Waals surface area contributed by atoms with Gasteiger partial charge in [0.15, 0.2) is 0 Å². The highest BCUT2D eigenvalue weighted by molar-refractivity contribution is 6.08. The van der Waals surface area contributed by atoms with E-state index in [2.05, 4.69) is 32.3 Å².